The molecule has 0 aromatic heterocycles. The monoisotopic (exact) mass is 131 g/mol. The van der Waals surface area contributed by atoms with Gasteiger partial charge in [0, 0.05) is 0 Å². The van der Waals surface area contributed by atoms with Crippen molar-refractivity contribution < 1.29 is 20.1 Å². The Morgan fingerprint density at radius 1 is 1.78 bits per heavy atom. The van der Waals surface area contributed by atoms with Crippen molar-refractivity contribution in [2.45, 2.75) is 13.0 Å². The van der Waals surface area contributed by atoms with Crippen LogP contribution in [0.5, 0.6) is 0 Å². The first-order valence-electron chi connectivity index (χ1n) is 2.34. The maximum atomic E-state index is 10.1. The zero-order valence-electron chi connectivity index (χ0n) is 4.87. The Labute approximate surface area is 52.1 Å². The van der Waals surface area contributed by atoms with E-state index in [-0.39, 0.29) is 0 Å². The number of aliphatic hydroxyl groups is 1. The van der Waals surface area contributed by atoms with E-state index in [0.717, 1.165) is 6.08 Å². The molecule has 0 bridgehead atoms. The molecular formula is C5H7O4-. The maximum Gasteiger partial charge on any atom is 0.320 e. The van der Waals surface area contributed by atoms with E-state index in [9.17, 15) is 9.90 Å². The largest absolute Gasteiger partial charge is 0.868 e. The van der Waals surface area contributed by atoms with Crippen LogP contribution in [0.3, 0.4) is 0 Å². The number of aliphatic hydroxyl groups excluding tert-OH is 1. The van der Waals surface area contributed by atoms with E-state index in [1.807, 2.05) is 0 Å². The van der Waals surface area contributed by atoms with Crippen molar-refractivity contribution in [2.24, 2.45) is 0 Å². The van der Waals surface area contributed by atoms with Gasteiger partial charge in [0.1, 0.15) is 0 Å². The standard InChI is InChI=1S/C5H8O4/c1-3(6)2-4(7)5(8)9/h2-3,6-7H,1H3,(H,8,9)/p-1/b4-2-. The van der Waals surface area contributed by atoms with Gasteiger partial charge in [-0.3, -0.25) is 0 Å². The van der Waals surface area contributed by atoms with Crippen LogP contribution in [0.1, 0.15) is 6.92 Å². The first-order chi connectivity index (χ1) is 4.04. The third-order valence-electron chi connectivity index (χ3n) is 0.603. The predicted octanol–water partition coefficient (Wildman–Crippen LogP) is -1.30. The predicted molar refractivity (Wildman–Crippen MR) is 27.4 cm³/mol. The molecule has 0 aromatic carbocycles. The summed E-state index contributed by atoms with van der Waals surface area (Å²) in [5.41, 5.74) is 0. The summed E-state index contributed by atoms with van der Waals surface area (Å²) in [6.07, 6.45) is -0.268. The highest BCUT2D eigenvalue weighted by Crippen LogP contribution is 1.87. The number of hydrogen-bond acceptors (Lipinski definition) is 3. The van der Waals surface area contributed by atoms with Gasteiger partial charge in [0.2, 0.25) is 0 Å². The fraction of sp³-hybridized carbons (Fsp3) is 0.400. The van der Waals surface area contributed by atoms with E-state index >= 15 is 0 Å². The molecule has 1 unspecified atom stereocenters. The number of rotatable bonds is 2. The first-order valence-corrected chi connectivity index (χ1v) is 2.34. The molecular weight excluding hydrogens is 124 g/mol. The Morgan fingerprint density at radius 2 is 2.22 bits per heavy atom. The molecule has 9 heavy (non-hydrogen) atoms. The molecule has 52 valence electrons. The third kappa shape index (κ3) is 3.54. The van der Waals surface area contributed by atoms with Crippen LogP contribution in [-0.4, -0.2) is 22.3 Å². The molecule has 0 heterocycles. The lowest BCUT2D eigenvalue weighted by Crippen LogP contribution is -2.16. The van der Waals surface area contributed by atoms with Crippen molar-refractivity contribution in [3.63, 3.8) is 0 Å². The van der Waals surface area contributed by atoms with Gasteiger partial charge in [0.25, 0.3) is 0 Å². The maximum absolute atomic E-state index is 10.1. The molecule has 0 amide bonds. The lowest BCUT2D eigenvalue weighted by Gasteiger charge is -2.05. The summed E-state index contributed by atoms with van der Waals surface area (Å²) in [6, 6.07) is 0. The van der Waals surface area contributed by atoms with E-state index in [2.05, 4.69) is 0 Å². The summed E-state index contributed by atoms with van der Waals surface area (Å²) in [6.45, 7) is 1.31. The van der Waals surface area contributed by atoms with Crippen LogP contribution < -0.4 is 5.11 Å². The topological polar surface area (TPSA) is 80.6 Å². The van der Waals surface area contributed by atoms with Gasteiger partial charge in [0.15, 0.2) is 0 Å². The average molecular weight is 131 g/mol. The number of carbonyl (C=O) groups is 1. The minimum atomic E-state index is -1.55. The van der Waals surface area contributed by atoms with Crippen LogP contribution in [0, 0.1) is 0 Å². The SMILES string of the molecule is CC(O)/C=C(\[O-])C(=O)O. The molecule has 0 fully saturated rings. The van der Waals surface area contributed by atoms with Crippen molar-refractivity contribution in [1.29, 1.82) is 0 Å². The van der Waals surface area contributed by atoms with Gasteiger partial charge in [-0.15, -0.1) is 0 Å². The molecule has 0 radical (unpaired) electrons. The highest BCUT2D eigenvalue weighted by Gasteiger charge is 1.93. The second-order valence-corrected chi connectivity index (χ2v) is 1.58. The van der Waals surface area contributed by atoms with Crippen molar-refractivity contribution in [3.8, 4) is 0 Å². The van der Waals surface area contributed by atoms with Gasteiger partial charge >= 0.3 is 5.97 Å². The molecule has 4 nitrogen and oxygen atoms in total. The molecule has 0 aliphatic heterocycles. The first kappa shape index (κ1) is 7.97. The van der Waals surface area contributed by atoms with Crippen LogP contribution in [0.2, 0.25) is 0 Å². The molecule has 0 aliphatic carbocycles. The summed E-state index contributed by atoms with van der Waals surface area (Å²) >= 11 is 0. The Bertz CT molecular complexity index is 136. The van der Waals surface area contributed by atoms with Gasteiger partial charge in [-0.25, -0.2) is 4.79 Å². The molecule has 0 saturated heterocycles. The van der Waals surface area contributed by atoms with Gasteiger partial charge in [-0.2, -0.15) is 0 Å². The highest BCUT2D eigenvalue weighted by atomic mass is 16.4. The second kappa shape index (κ2) is 3.09. The minimum absolute atomic E-state index is 0.725. The second-order valence-electron chi connectivity index (χ2n) is 1.58. The minimum Gasteiger partial charge on any atom is -0.868 e. The third-order valence-corrected chi connectivity index (χ3v) is 0.603. The zero-order chi connectivity index (χ0) is 7.44. The smallest absolute Gasteiger partial charge is 0.320 e. The van der Waals surface area contributed by atoms with Gasteiger partial charge in [-0.05, 0) is 12.7 Å². The van der Waals surface area contributed by atoms with Gasteiger partial charge in [-0.1, -0.05) is 6.08 Å². The van der Waals surface area contributed by atoms with Crippen LogP contribution in [0.25, 0.3) is 0 Å². The Hall–Kier alpha value is -1.03. The quantitative estimate of drug-likeness (QED) is 0.360. The zero-order valence-corrected chi connectivity index (χ0v) is 4.87. The molecule has 4 heteroatoms. The normalized spacial score (nSPS) is 15.1. The van der Waals surface area contributed by atoms with E-state index < -0.39 is 17.8 Å². The van der Waals surface area contributed by atoms with Gasteiger partial charge < -0.3 is 15.3 Å². The van der Waals surface area contributed by atoms with Crippen LogP contribution >= 0.6 is 0 Å². The molecule has 0 aliphatic rings. The molecule has 0 saturated carbocycles. The molecule has 2 N–H and O–H groups in total. The van der Waals surface area contributed by atoms with E-state index in [1.54, 1.807) is 0 Å². The van der Waals surface area contributed by atoms with E-state index in [0.29, 0.717) is 0 Å². The van der Waals surface area contributed by atoms with Crippen molar-refractivity contribution in [2.75, 3.05) is 0 Å². The summed E-state index contributed by atoms with van der Waals surface area (Å²) in [7, 11) is 0. The van der Waals surface area contributed by atoms with Crippen LogP contribution in [-0.2, 0) is 4.79 Å². The van der Waals surface area contributed by atoms with Crippen molar-refractivity contribution in [1.82, 2.24) is 0 Å². The molecule has 1 atom stereocenters. The average Bonchev–Trinajstić information content (AvgIpc) is 1.63. The van der Waals surface area contributed by atoms with E-state index in [4.69, 9.17) is 10.2 Å². The number of carboxylic acids is 1. The summed E-state index contributed by atoms with van der Waals surface area (Å²) in [4.78, 5) is 9.74. The number of carboxylic acid groups (broad SMARTS) is 1. The molecule has 0 spiro atoms. The lowest BCUT2D eigenvalue weighted by molar-refractivity contribution is -0.303. The Morgan fingerprint density at radius 3 is 2.33 bits per heavy atom. The van der Waals surface area contributed by atoms with Gasteiger partial charge in [0.05, 0.1) is 6.10 Å². The highest BCUT2D eigenvalue weighted by molar-refractivity contribution is 5.83. The van der Waals surface area contributed by atoms with Crippen LogP contribution in [0.15, 0.2) is 11.8 Å². The Balaban J connectivity index is 4.00. The summed E-state index contributed by atoms with van der Waals surface area (Å²) in [5.74, 6) is -2.62. The fourth-order valence-electron chi connectivity index (χ4n) is 0.290. The lowest BCUT2D eigenvalue weighted by atomic mass is 10.3. The Kier molecular flexibility index (Phi) is 2.73. The summed E-state index contributed by atoms with van der Waals surface area (Å²) in [5, 5.41) is 26.5. The summed E-state index contributed by atoms with van der Waals surface area (Å²) < 4.78 is 0. The van der Waals surface area contributed by atoms with Crippen LogP contribution in [0.4, 0.5) is 0 Å². The number of hydrogen-bond donors (Lipinski definition) is 2. The number of aliphatic carboxylic acids is 1. The van der Waals surface area contributed by atoms with Crippen molar-refractivity contribution >= 4 is 5.97 Å². The van der Waals surface area contributed by atoms with Crippen molar-refractivity contribution in [3.05, 3.63) is 11.8 Å². The van der Waals surface area contributed by atoms with E-state index in [1.165, 1.54) is 6.92 Å². The molecule has 0 rings (SSSR count). The molecule has 0 aromatic rings. The fourth-order valence-corrected chi connectivity index (χ4v) is 0.290.